The number of carbonyl (C=O) groups excluding carboxylic acids is 1. The number of alkyl halides is 1. The van der Waals surface area contributed by atoms with Gasteiger partial charge in [-0.3, -0.25) is 19.7 Å². The Kier molecular flexibility index (Phi) is 4.60. The standard InChI is InChI=1S/C17H15FN4O2/c18-7-12-2-1-3-13(22-12)10-24-14-6-16-15(21-9-14)4-11(8-20-16)5-17(19)23/h1-4,6,8-9H,5,7,10H2,(H2,19,23). The Morgan fingerprint density at radius 2 is 1.88 bits per heavy atom. The first kappa shape index (κ1) is 15.8. The van der Waals surface area contributed by atoms with Crippen LogP contribution in [-0.4, -0.2) is 20.9 Å². The van der Waals surface area contributed by atoms with Gasteiger partial charge in [-0.1, -0.05) is 6.07 Å². The van der Waals surface area contributed by atoms with Crippen LogP contribution in [0, 0.1) is 0 Å². The topological polar surface area (TPSA) is 91.0 Å². The number of primary amides is 1. The fourth-order valence-electron chi connectivity index (χ4n) is 2.24. The Labute approximate surface area is 137 Å². The van der Waals surface area contributed by atoms with Crippen LogP contribution >= 0.6 is 0 Å². The monoisotopic (exact) mass is 326 g/mol. The van der Waals surface area contributed by atoms with Gasteiger partial charge in [-0.2, -0.15) is 0 Å². The van der Waals surface area contributed by atoms with Crippen molar-refractivity contribution in [3.05, 3.63) is 59.7 Å². The SMILES string of the molecule is NC(=O)Cc1cnc2cc(OCc3cccc(CF)n3)cnc2c1. The minimum absolute atomic E-state index is 0.124. The van der Waals surface area contributed by atoms with Crippen molar-refractivity contribution in [3.63, 3.8) is 0 Å². The van der Waals surface area contributed by atoms with E-state index in [2.05, 4.69) is 15.0 Å². The number of carbonyl (C=O) groups is 1. The molecule has 0 bridgehead atoms. The second-order valence-electron chi connectivity index (χ2n) is 5.24. The lowest BCUT2D eigenvalue weighted by molar-refractivity contribution is -0.117. The number of pyridine rings is 3. The molecule has 2 N–H and O–H groups in total. The zero-order valence-corrected chi connectivity index (χ0v) is 12.8. The van der Waals surface area contributed by atoms with Crippen molar-refractivity contribution in [2.24, 2.45) is 5.73 Å². The molecule has 0 fully saturated rings. The summed E-state index contributed by atoms with van der Waals surface area (Å²) < 4.78 is 18.2. The van der Waals surface area contributed by atoms with Gasteiger partial charge < -0.3 is 10.5 Å². The molecule has 24 heavy (non-hydrogen) atoms. The lowest BCUT2D eigenvalue weighted by Crippen LogP contribution is -2.13. The predicted molar refractivity (Wildman–Crippen MR) is 85.8 cm³/mol. The summed E-state index contributed by atoms with van der Waals surface area (Å²) >= 11 is 0. The largest absolute Gasteiger partial charge is 0.486 e. The molecular formula is C17H15FN4O2. The van der Waals surface area contributed by atoms with Crippen LogP contribution in [0.25, 0.3) is 11.0 Å². The van der Waals surface area contributed by atoms with Crippen molar-refractivity contribution < 1.29 is 13.9 Å². The number of halogens is 1. The highest BCUT2D eigenvalue weighted by Gasteiger charge is 2.05. The van der Waals surface area contributed by atoms with Gasteiger partial charge in [-0.15, -0.1) is 0 Å². The molecule has 0 spiro atoms. The minimum Gasteiger partial charge on any atom is -0.486 e. The number of nitrogens with two attached hydrogens (primary N) is 1. The number of aromatic nitrogens is 3. The van der Waals surface area contributed by atoms with E-state index in [4.69, 9.17) is 10.5 Å². The highest BCUT2D eigenvalue weighted by atomic mass is 19.1. The molecule has 3 aromatic heterocycles. The predicted octanol–water partition coefficient (Wildman–Crippen LogP) is 2.10. The van der Waals surface area contributed by atoms with Gasteiger partial charge in [0.05, 0.1) is 35.0 Å². The van der Waals surface area contributed by atoms with E-state index in [9.17, 15) is 9.18 Å². The van der Waals surface area contributed by atoms with Crippen LogP contribution in [-0.2, 0) is 24.5 Å². The summed E-state index contributed by atoms with van der Waals surface area (Å²) in [6, 6.07) is 8.64. The Balaban J connectivity index is 1.74. The lowest BCUT2D eigenvalue weighted by atomic mass is 10.2. The number of rotatable bonds is 6. The van der Waals surface area contributed by atoms with Crippen LogP contribution in [0.5, 0.6) is 5.75 Å². The van der Waals surface area contributed by atoms with Crippen molar-refractivity contribution >= 4 is 16.9 Å². The number of hydrogen-bond donors (Lipinski definition) is 1. The molecular weight excluding hydrogens is 311 g/mol. The van der Waals surface area contributed by atoms with Crippen molar-refractivity contribution in [3.8, 4) is 5.75 Å². The Morgan fingerprint density at radius 3 is 2.67 bits per heavy atom. The van der Waals surface area contributed by atoms with Crippen LogP contribution < -0.4 is 10.5 Å². The van der Waals surface area contributed by atoms with E-state index in [0.29, 0.717) is 33.7 Å². The van der Waals surface area contributed by atoms with Crippen molar-refractivity contribution in [1.82, 2.24) is 15.0 Å². The van der Waals surface area contributed by atoms with Gasteiger partial charge in [0, 0.05) is 12.3 Å². The highest BCUT2D eigenvalue weighted by molar-refractivity contribution is 5.80. The van der Waals surface area contributed by atoms with E-state index in [1.807, 2.05) is 0 Å². The first-order valence-electron chi connectivity index (χ1n) is 7.30. The molecule has 0 aliphatic carbocycles. The van der Waals surface area contributed by atoms with Crippen molar-refractivity contribution in [2.75, 3.05) is 0 Å². The molecule has 122 valence electrons. The zero-order chi connectivity index (χ0) is 16.9. The Bertz CT molecular complexity index is 885. The molecule has 0 radical (unpaired) electrons. The molecule has 7 heteroatoms. The molecule has 0 unspecified atom stereocenters. The van der Waals surface area contributed by atoms with E-state index >= 15 is 0 Å². The summed E-state index contributed by atoms with van der Waals surface area (Å²) in [6.07, 6.45) is 3.28. The molecule has 3 aromatic rings. The quantitative estimate of drug-likeness (QED) is 0.749. The number of hydrogen-bond acceptors (Lipinski definition) is 5. The third-order valence-electron chi connectivity index (χ3n) is 3.33. The molecule has 0 aliphatic rings. The Hall–Kier alpha value is -3.09. The van der Waals surface area contributed by atoms with Gasteiger partial charge in [-0.05, 0) is 23.8 Å². The van der Waals surface area contributed by atoms with Crippen LogP contribution in [0.2, 0.25) is 0 Å². The second kappa shape index (κ2) is 6.99. The van der Waals surface area contributed by atoms with E-state index in [1.165, 1.54) is 0 Å². The van der Waals surface area contributed by atoms with Crippen LogP contribution in [0.15, 0.2) is 42.7 Å². The van der Waals surface area contributed by atoms with Crippen molar-refractivity contribution in [1.29, 1.82) is 0 Å². The normalized spacial score (nSPS) is 10.7. The molecule has 0 aromatic carbocycles. The first-order chi connectivity index (χ1) is 11.6. The number of ether oxygens (including phenoxy) is 1. The van der Waals surface area contributed by atoms with E-state index in [1.54, 1.807) is 42.7 Å². The third kappa shape index (κ3) is 3.81. The van der Waals surface area contributed by atoms with Gasteiger partial charge >= 0.3 is 0 Å². The summed E-state index contributed by atoms with van der Waals surface area (Å²) in [7, 11) is 0. The summed E-state index contributed by atoms with van der Waals surface area (Å²) in [5.74, 6) is 0.115. The van der Waals surface area contributed by atoms with Gasteiger partial charge in [0.25, 0.3) is 0 Å². The maximum Gasteiger partial charge on any atom is 0.221 e. The number of nitrogens with zero attached hydrogens (tertiary/aromatic N) is 3. The molecule has 1 amide bonds. The number of amides is 1. The first-order valence-corrected chi connectivity index (χ1v) is 7.30. The van der Waals surface area contributed by atoms with Crippen LogP contribution in [0.4, 0.5) is 4.39 Å². The summed E-state index contributed by atoms with van der Waals surface area (Å²) in [4.78, 5) is 23.6. The smallest absolute Gasteiger partial charge is 0.221 e. The molecule has 6 nitrogen and oxygen atoms in total. The summed E-state index contributed by atoms with van der Waals surface area (Å²) in [5.41, 5.74) is 8.19. The average molecular weight is 326 g/mol. The zero-order valence-electron chi connectivity index (χ0n) is 12.8. The maximum atomic E-state index is 12.6. The van der Waals surface area contributed by atoms with Crippen LogP contribution in [0.1, 0.15) is 17.0 Å². The van der Waals surface area contributed by atoms with Gasteiger partial charge in [0.15, 0.2) is 0 Å². The van der Waals surface area contributed by atoms with E-state index < -0.39 is 12.6 Å². The molecule has 3 heterocycles. The second-order valence-corrected chi connectivity index (χ2v) is 5.24. The lowest BCUT2D eigenvalue weighted by Gasteiger charge is -2.07. The van der Waals surface area contributed by atoms with Gasteiger partial charge in [-0.25, -0.2) is 4.39 Å². The third-order valence-corrected chi connectivity index (χ3v) is 3.33. The van der Waals surface area contributed by atoms with Crippen molar-refractivity contribution in [2.45, 2.75) is 19.7 Å². The Morgan fingerprint density at radius 1 is 1.12 bits per heavy atom. The average Bonchev–Trinajstić information content (AvgIpc) is 2.59. The molecule has 3 rings (SSSR count). The van der Waals surface area contributed by atoms with Gasteiger partial charge in [0.2, 0.25) is 5.91 Å². The van der Waals surface area contributed by atoms with E-state index in [0.717, 1.165) is 0 Å². The summed E-state index contributed by atoms with van der Waals surface area (Å²) in [5, 5.41) is 0. The number of fused-ring (bicyclic) bond motifs is 1. The summed E-state index contributed by atoms with van der Waals surface area (Å²) in [6.45, 7) is -0.399. The van der Waals surface area contributed by atoms with E-state index in [-0.39, 0.29) is 13.0 Å². The maximum absolute atomic E-state index is 12.6. The molecule has 0 saturated heterocycles. The van der Waals surface area contributed by atoms with Crippen LogP contribution in [0.3, 0.4) is 0 Å². The molecule has 0 saturated carbocycles. The molecule has 0 atom stereocenters. The molecule has 0 aliphatic heterocycles. The minimum atomic E-state index is -0.608. The fourth-order valence-corrected chi connectivity index (χ4v) is 2.24. The fraction of sp³-hybridized carbons (Fsp3) is 0.176. The van der Waals surface area contributed by atoms with Gasteiger partial charge in [0.1, 0.15) is 19.0 Å². The highest BCUT2D eigenvalue weighted by Crippen LogP contribution is 2.18.